The van der Waals surface area contributed by atoms with E-state index in [0.717, 1.165) is 19.8 Å². The van der Waals surface area contributed by atoms with Crippen molar-refractivity contribution in [2.45, 2.75) is 40.2 Å². The van der Waals surface area contributed by atoms with Crippen molar-refractivity contribution in [3.05, 3.63) is 0 Å². The zero-order valence-electron chi connectivity index (χ0n) is 10.2. The summed E-state index contributed by atoms with van der Waals surface area (Å²) in [5.41, 5.74) is -0.259. The van der Waals surface area contributed by atoms with Gasteiger partial charge in [-0.1, -0.05) is 27.7 Å². The third-order valence-electron chi connectivity index (χ3n) is 2.09. The van der Waals surface area contributed by atoms with Crippen molar-refractivity contribution in [2.75, 3.05) is 14.2 Å². The van der Waals surface area contributed by atoms with Crippen LogP contribution < -0.4 is 0 Å². The van der Waals surface area contributed by atoms with Gasteiger partial charge in [-0.2, -0.15) is 0 Å². The van der Waals surface area contributed by atoms with Crippen molar-refractivity contribution in [3.63, 3.8) is 0 Å². The highest BCUT2D eigenvalue weighted by atomic mass is 16.5. The number of aldehydes is 1. The molecule has 0 aliphatic rings. The van der Waals surface area contributed by atoms with E-state index in [9.17, 15) is 4.79 Å². The maximum Gasteiger partial charge on any atom is 0.125 e. The Bertz CT molecular complexity index is 141. The summed E-state index contributed by atoms with van der Waals surface area (Å²) in [7, 11) is 2.45. The number of ether oxygens (including phenoxy) is 1. The molecule has 1 unspecified atom stereocenters. The molecule has 0 aliphatic heterocycles. The summed E-state index contributed by atoms with van der Waals surface area (Å²) in [6.07, 6.45) is 1.98. The Hall–Kier alpha value is -0.410. The molecule has 0 aliphatic carbocycles. The minimum absolute atomic E-state index is 0.185. The number of carbonyl (C=O) groups is 1. The summed E-state index contributed by atoms with van der Waals surface area (Å²) in [6.45, 7) is 8.09. The molecule has 0 saturated carbocycles. The van der Waals surface area contributed by atoms with Gasteiger partial charge in [-0.3, -0.25) is 0 Å². The molecule has 14 heavy (non-hydrogen) atoms. The Labute approximate surface area is 87.5 Å². The molecule has 1 radical (unpaired) electrons. The van der Waals surface area contributed by atoms with E-state index in [0.29, 0.717) is 5.92 Å². The van der Waals surface area contributed by atoms with Crippen LogP contribution in [0.3, 0.4) is 0 Å². The first kappa shape index (κ1) is 16.0. The van der Waals surface area contributed by atoms with Crippen molar-refractivity contribution in [3.8, 4) is 0 Å². The molecule has 0 aromatic carbocycles. The Morgan fingerprint density at radius 3 is 1.93 bits per heavy atom. The van der Waals surface area contributed by atoms with E-state index in [1.807, 2.05) is 13.8 Å². The first-order valence-electron chi connectivity index (χ1n) is 4.83. The molecular weight excluding hydrogens is 180 g/mol. The number of methoxy groups -OCH3 is 1. The van der Waals surface area contributed by atoms with Crippen LogP contribution in [-0.4, -0.2) is 26.6 Å². The number of rotatable bonds is 5. The zero-order valence-corrected chi connectivity index (χ0v) is 10.2. The van der Waals surface area contributed by atoms with Crippen molar-refractivity contribution in [1.29, 1.82) is 0 Å². The molecule has 0 heterocycles. The van der Waals surface area contributed by atoms with Crippen molar-refractivity contribution in [1.82, 2.24) is 0 Å². The fraction of sp³-hybridized carbons (Fsp3) is 0.909. The Morgan fingerprint density at radius 2 is 1.71 bits per heavy atom. The predicted molar refractivity (Wildman–Crippen MR) is 56.7 cm³/mol. The molecule has 1 atom stereocenters. The summed E-state index contributed by atoms with van der Waals surface area (Å²) >= 11 is 0. The number of hydrogen-bond acceptors (Lipinski definition) is 2. The van der Waals surface area contributed by atoms with Crippen molar-refractivity contribution in [2.24, 2.45) is 11.3 Å². The smallest absolute Gasteiger partial charge is 0.125 e. The number of carbonyl (C=O) groups excluding carboxylic acids is 1. The molecule has 0 fully saturated rings. The lowest BCUT2D eigenvalue weighted by atomic mass is 9.85. The third kappa shape index (κ3) is 7.04. The zero-order chi connectivity index (χ0) is 11.8. The van der Waals surface area contributed by atoms with Gasteiger partial charge in [0.2, 0.25) is 0 Å². The van der Waals surface area contributed by atoms with E-state index in [2.05, 4.69) is 13.8 Å². The summed E-state index contributed by atoms with van der Waals surface area (Å²) in [4.78, 5) is 10.6. The molecule has 0 N–H and O–H groups in total. The second kappa shape index (κ2) is 7.94. The highest BCUT2D eigenvalue weighted by Crippen LogP contribution is 2.24. The summed E-state index contributed by atoms with van der Waals surface area (Å²) in [6, 6.07) is 0. The Morgan fingerprint density at radius 1 is 1.29 bits per heavy atom. The fourth-order valence-electron chi connectivity index (χ4n) is 1.16. The minimum atomic E-state index is -0.259. The average molecular weight is 203 g/mol. The predicted octanol–water partition coefficient (Wildman–Crippen LogP) is 2.32. The molecule has 0 rings (SSSR count). The van der Waals surface area contributed by atoms with E-state index < -0.39 is 0 Å². The van der Waals surface area contributed by atoms with Crippen LogP contribution in [0.15, 0.2) is 0 Å². The maximum atomic E-state index is 10.6. The van der Waals surface area contributed by atoms with Gasteiger partial charge in [0, 0.05) is 12.5 Å². The van der Waals surface area contributed by atoms with Crippen LogP contribution in [0.1, 0.15) is 34.1 Å². The van der Waals surface area contributed by atoms with Crippen LogP contribution in [0.4, 0.5) is 0 Å². The maximum absolute atomic E-state index is 10.6. The molecule has 0 spiro atoms. The molecule has 0 aromatic rings. The van der Waals surface area contributed by atoms with Crippen LogP contribution in [0.2, 0.25) is 0 Å². The van der Waals surface area contributed by atoms with Gasteiger partial charge in [-0.15, -0.1) is 0 Å². The lowest BCUT2D eigenvalue weighted by molar-refractivity contribution is -0.116. The van der Waals surface area contributed by atoms with Crippen LogP contribution >= 0.6 is 0 Å². The Kier molecular flexibility index (Phi) is 9.10. The SMILES string of the molecule is COC(CC(C)(C)C=O)C(C)C.C[O]. The Balaban J connectivity index is 0. The molecule has 0 bridgehead atoms. The van der Waals surface area contributed by atoms with E-state index in [-0.39, 0.29) is 11.5 Å². The first-order chi connectivity index (χ1) is 6.43. The van der Waals surface area contributed by atoms with Crippen LogP contribution in [0.5, 0.6) is 0 Å². The molecule has 0 aromatic heterocycles. The van der Waals surface area contributed by atoms with Gasteiger partial charge in [0.25, 0.3) is 0 Å². The van der Waals surface area contributed by atoms with Gasteiger partial charge in [-0.05, 0) is 12.3 Å². The van der Waals surface area contributed by atoms with Gasteiger partial charge < -0.3 is 9.53 Å². The van der Waals surface area contributed by atoms with E-state index in [1.165, 1.54) is 0 Å². The summed E-state index contributed by atoms with van der Waals surface area (Å²) in [5.74, 6) is 0.467. The van der Waals surface area contributed by atoms with Gasteiger partial charge in [0.05, 0.1) is 13.2 Å². The van der Waals surface area contributed by atoms with Gasteiger partial charge in [0.15, 0.2) is 0 Å². The van der Waals surface area contributed by atoms with Crippen molar-refractivity contribution < 1.29 is 14.6 Å². The monoisotopic (exact) mass is 203 g/mol. The molecule has 3 heteroatoms. The van der Waals surface area contributed by atoms with Crippen LogP contribution in [0, 0.1) is 11.3 Å². The van der Waals surface area contributed by atoms with Crippen molar-refractivity contribution >= 4 is 6.29 Å². The van der Waals surface area contributed by atoms with Crippen LogP contribution in [0.25, 0.3) is 0 Å². The third-order valence-corrected chi connectivity index (χ3v) is 2.09. The second-order valence-corrected chi connectivity index (χ2v) is 4.33. The van der Waals surface area contributed by atoms with E-state index >= 15 is 0 Å². The number of hydrogen-bond donors (Lipinski definition) is 0. The van der Waals surface area contributed by atoms with E-state index in [1.54, 1.807) is 7.11 Å². The highest BCUT2D eigenvalue weighted by Gasteiger charge is 2.24. The summed E-state index contributed by atoms with van der Waals surface area (Å²) in [5, 5.41) is 8.25. The molecule has 85 valence electrons. The molecular formula is C11H23O3. The first-order valence-corrected chi connectivity index (χ1v) is 4.83. The minimum Gasteiger partial charge on any atom is -0.381 e. The van der Waals surface area contributed by atoms with Crippen LogP contribution in [-0.2, 0) is 14.6 Å². The highest BCUT2D eigenvalue weighted by molar-refractivity contribution is 5.57. The molecule has 0 saturated heterocycles. The standard InChI is InChI=1S/C10H20O2.CH3O/c1-8(2)9(12-5)6-10(3,4)7-11;1-2/h7-9H,6H2,1-5H3;1H3. The lowest BCUT2D eigenvalue weighted by Crippen LogP contribution is -2.27. The van der Waals surface area contributed by atoms with Gasteiger partial charge >= 0.3 is 0 Å². The normalized spacial score (nSPS) is 13.1. The lowest BCUT2D eigenvalue weighted by Gasteiger charge is -2.26. The molecule has 3 nitrogen and oxygen atoms in total. The van der Waals surface area contributed by atoms with E-state index in [4.69, 9.17) is 9.84 Å². The van der Waals surface area contributed by atoms with Gasteiger partial charge in [0.1, 0.15) is 6.29 Å². The summed E-state index contributed by atoms with van der Waals surface area (Å²) < 4.78 is 5.29. The average Bonchev–Trinajstić information content (AvgIpc) is 2.17. The largest absolute Gasteiger partial charge is 0.381 e. The second-order valence-electron chi connectivity index (χ2n) is 4.33. The van der Waals surface area contributed by atoms with Gasteiger partial charge in [-0.25, -0.2) is 5.11 Å². The fourth-order valence-corrected chi connectivity index (χ4v) is 1.16. The topological polar surface area (TPSA) is 46.2 Å². The molecule has 0 amide bonds. The quantitative estimate of drug-likeness (QED) is 0.644.